The zero-order valence-corrected chi connectivity index (χ0v) is 15.2. The largest absolute Gasteiger partial charge is 0.493 e. The molecule has 0 saturated carbocycles. The number of carbonyl (C=O) groups excluding carboxylic acids is 1. The van der Waals surface area contributed by atoms with E-state index in [0.717, 1.165) is 10.0 Å². The van der Waals surface area contributed by atoms with Gasteiger partial charge < -0.3 is 14.8 Å². The standard InChI is InChI=1S/C18H19BrFNO3/c1-23-16-9-12(14(19)11-17(16)24-2)7-8-21-18(22)10-13-5-3-4-6-15(13)20/h3-6,9,11H,7-8,10H2,1-2H3,(H,21,22). The van der Waals surface area contributed by atoms with E-state index in [1.165, 1.54) is 6.07 Å². The summed E-state index contributed by atoms with van der Waals surface area (Å²) in [5.74, 6) is 0.692. The number of halogens is 2. The van der Waals surface area contributed by atoms with Crippen LogP contribution < -0.4 is 14.8 Å². The second-order valence-corrected chi connectivity index (χ2v) is 6.02. The lowest BCUT2D eigenvalue weighted by Crippen LogP contribution is -2.27. The van der Waals surface area contributed by atoms with Crippen molar-refractivity contribution in [2.75, 3.05) is 20.8 Å². The minimum Gasteiger partial charge on any atom is -0.493 e. The number of hydrogen-bond donors (Lipinski definition) is 1. The molecule has 2 aromatic carbocycles. The van der Waals surface area contributed by atoms with Crippen molar-refractivity contribution in [3.8, 4) is 11.5 Å². The molecule has 2 rings (SSSR count). The Bertz CT molecular complexity index is 721. The van der Waals surface area contributed by atoms with Crippen LogP contribution in [0.3, 0.4) is 0 Å². The zero-order chi connectivity index (χ0) is 17.5. The highest BCUT2D eigenvalue weighted by molar-refractivity contribution is 9.10. The first kappa shape index (κ1) is 18.3. The molecule has 128 valence electrons. The lowest BCUT2D eigenvalue weighted by molar-refractivity contribution is -0.120. The second kappa shape index (κ2) is 8.68. The molecule has 0 bridgehead atoms. The van der Waals surface area contributed by atoms with E-state index in [1.807, 2.05) is 12.1 Å². The van der Waals surface area contributed by atoms with Crippen LogP contribution in [0.15, 0.2) is 40.9 Å². The van der Waals surface area contributed by atoms with Crippen LogP contribution in [0, 0.1) is 5.82 Å². The summed E-state index contributed by atoms with van der Waals surface area (Å²) in [5.41, 5.74) is 1.38. The summed E-state index contributed by atoms with van der Waals surface area (Å²) in [7, 11) is 3.15. The van der Waals surface area contributed by atoms with Crippen LogP contribution in [0.2, 0.25) is 0 Å². The van der Waals surface area contributed by atoms with E-state index in [-0.39, 0.29) is 18.1 Å². The minimum absolute atomic E-state index is 0.0276. The van der Waals surface area contributed by atoms with Gasteiger partial charge in [-0.25, -0.2) is 4.39 Å². The van der Waals surface area contributed by atoms with E-state index < -0.39 is 0 Å². The fourth-order valence-corrected chi connectivity index (χ4v) is 2.82. The van der Waals surface area contributed by atoms with Crippen LogP contribution in [-0.2, 0) is 17.6 Å². The Kier molecular flexibility index (Phi) is 6.61. The predicted molar refractivity (Wildman–Crippen MR) is 94.1 cm³/mol. The average Bonchev–Trinajstić information content (AvgIpc) is 2.58. The Morgan fingerprint density at radius 3 is 2.46 bits per heavy atom. The van der Waals surface area contributed by atoms with Crippen molar-refractivity contribution in [3.05, 3.63) is 57.8 Å². The number of amides is 1. The molecule has 6 heteroatoms. The predicted octanol–water partition coefficient (Wildman–Crippen LogP) is 3.51. The van der Waals surface area contributed by atoms with E-state index in [4.69, 9.17) is 9.47 Å². The van der Waals surface area contributed by atoms with Crippen LogP contribution in [0.1, 0.15) is 11.1 Å². The fourth-order valence-electron chi connectivity index (χ4n) is 2.30. The average molecular weight is 396 g/mol. The van der Waals surface area contributed by atoms with Crippen molar-refractivity contribution in [3.63, 3.8) is 0 Å². The molecule has 0 aliphatic carbocycles. The maximum Gasteiger partial charge on any atom is 0.224 e. The van der Waals surface area contributed by atoms with Gasteiger partial charge in [0.25, 0.3) is 0 Å². The molecule has 1 amide bonds. The van der Waals surface area contributed by atoms with Crippen LogP contribution in [0.4, 0.5) is 4.39 Å². The number of ether oxygens (including phenoxy) is 2. The van der Waals surface area contributed by atoms with Gasteiger partial charge >= 0.3 is 0 Å². The van der Waals surface area contributed by atoms with Gasteiger partial charge in [-0.05, 0) is 35.7 Å². The summed E-state index contributed by atoms with van der Waals surface area (Å²) in [6.45, 7) is 0.446. The highest BCUT2D eigenvalue weighted by Gasteiger charge is 2.11. The molecule has 0 aliphatic heterocycles. The Morgan fingerprint density at radius 1 is 1.12 bits per heavy atom. The van der Waals surface area contributed by atoms with Gasteiger partial charge in [0.15, 0.2) is 11.5 Å². The highest BCUT2D eigenvalue weighted by atomic mass is 79.9. The Morgan fingerprint density at radius 2 is 1.79 bits per heavy atom. The van der Waals surface area contributed by atoms with Gasteiger partial charge in [0, 0.05) is 11.0 Å². The molecule has 0 aliphatic rings. The summed E-state index contributed by atoms with van der Waals surface area (Å²) >= 11 is 3.48. The summed E-state index contributed by atoms with van der Waals surface area (Å²) in [4.78, 5) is 11.9. The van der Waals surface area contributed by atoms with E-state index in [0.29, 0.717) is 30.0 Å². The summed E-state index contributed by atoms with van der Waals surface area (Å²) in [5, 5.41) is 2.80. The van der Waals surface area contributed by atoms with Gasteiger partial charge in [-0.3, -0.25) is 4.79 Å². The van der Waals surface area contributed by atoms with Crippen molar-refractivity contribution in [2.45, 2.75) is 12.8 Å². The van der Waals surface area contributed by atoms with E-state index in [1.54, 1.807) is 32.4 Å². The molecule has 0 saturated heterocycles. The summed E-state index contributed by atoms with van der Waals surface area (Å²) in [6, 6.07) is 9.97. The summed E-state index contributed by atoms with van der Waals surface area (Å²) in [6.07, 6.45) is 0.643. The van der Waals surface area contributed by atoms with Gasteiger partial charge in [0.05, 0.1) is 20.6 Å². The lowest BCUT2D eigenvalue weighted by Gasteiger charge is -2.12. The zero-order valence-electron chi connectivity index (χ0n) is 13.6. The molecule has 2 aromatic rings. The van der Waals surface area contributed by atoms with Crippen LogP contribution in [-0.4, -0.2) is 26.7 Å². The topological polar surface area (TPSA) is 47.6 Å². The van der Waals surface area contributed by atoms with Gasteiger partial charge in [0.2, 0.25) is 5.91 Å². The highest BCUT2D eigenvalue weighted by Crippen LogP contribution is 2.33. The molecule has 0 unspecified atom stereocenters. The molecular weight excluding hydrogens is 377 g/mol. The number of rotatable bonds is 7. The quantitative estimate of drug-likeness (QED) is 0.780. The third-order valence-electron chi connectivity index (χ3n) is 3.58. The SMILES string of the molecule is COc1cc(Br)c(CCNC(=O)Cc2ccccc2F)cc1OC. The molecule has 0 aromatic heterocycles. The number of hydrogen-bond acceptors (Lipinski definition) is 3. The first-order chi connectivity index (χ1) is 11.5. The third kappa shape index (κ3) is 4.71. The van der Waals surface area contributed by atoms with Crippen molar-refractivity contribution in [1.29, 1.82) is 0 Å². The molecule has 0 atom stereocenters. The normalized spacial score (nSPS) is 10.3. The number of benzene rings is 2. The minimum atomic E-state index is -0.365. The number of methoxy groups -OCH3 is 2. The van der Waals surface area contributed by atoms with Crippen LogP contribution >= 0.6 is 15.9 Å². The Labute approximate surface area is 149 Å². The molecule has 0 spiro atoms. The molecular formula is C18H19BrFNO3. The van der Waals surface area contributed by atoms with Gasteiger partial charge in [-0.1, -0.05) is 34.1 Å². The van der Waals surface area contributed by atoms with E-state index in [9.17, 15) is 9.18 Å². The molecule has 1 N–H and O–H groups in total. The monoisotopic (exact) mass is 395 g/mol. The van der Waals surface area contributed by atoms with E-state index >= 15 is 0 Å². The summed E-state index contributed by atoms with van der Waals surface area (Å²) < 4.78 is 24.9. The third-order valence-corrected chi connectivity index (χ3v) is 4.32. The van der Waals surface area contributed by atoms with Crippen LogP contribution in [0.5, 0.6) is 11.5 Å². The Hall–Kier alpha value is -2.08. The first-order valence-electron chi connectivity index (χ1n) is 7.45. The maximum atomic E-state index is 13.5. The molecule has 0 radical (unpaired) electrons. The van der Waals surface area contributed by atoms with Crippen molar-refractivity contribution < 1.29 is 18.7 Å². The van der Waals surface area contributed by atoms with Crippen molar-refractivity contribution >= 4 is 21.8 Å². The fraction of sp³-hybridized carbons (Fsp3) is 0.278. The molecule has 24 heavy (non-hydrogen) atoms. The first-order valence-corrected chi connectivity index (χ1v) is 8.25. The smallest absolute Gasteiger partial charge is 0.224 e. The van der Waals surface area contributed by atoms with Gasteiger partial charge in [-0.15, -0.1) is 0 Å². The second-order valence-electron chi connectivity index (χ2n) is 5.17. The number of carbonyl (C=O) groups is 1. The number of nitrogens with one attached hydrogen (secondary N) is 1. The van der Waals surface area contributed by atoms with Gasteiger partial charge in [-0.2, -0.15) is 0 Å². The lowest BCUT2D eigenvalue weighted by atomic mass is 10.1. The van der Waals surface area contributed by atoms with Crippen LogP contribution in [0.25, 0.3) is 0 Å². The molecule has 0 heterocycles. The van der Waals surface area contributed by atoms with Crippen molar-refractivity contribution in [2.24, 2.45) is 0 Å². The Balaban J connectivity index is 1.92. The molecule has 0 fully saturated rings. The van der Waals surface area contributed by atoms with Crippen molar-refractivity contribution in [1.82, 2.24) is 5.32 Å². The molecule has 4 nitrogen and oxygen atoms in total. The van der Waals surface area contributed by atoms with Gasteiger partial charge in [0.1, 0.15) is 5.82 Å². The van der Waals surface area contributed by atoms with E-state index in [2.05, 4.69) is 21.2 Å². The maximum absolute atomic E-state index is 13.5.